The summed E-state index contributed by atoms with van der Waals surface area (Å²) in [4.78, 5) is 20.6. The number of aldehydes is 1. The second-order valence-electron chi connectivity index (χ2n) is 9.13. The molecular formula is C24H37F3N8O. The molecular weight excluding hydrogens is 473 g/mol. The highest BCUT2D eigenvalue weighted by Gasteiger charge is 2.35. The standard InChI is InChI=1S/C24H37F3N8O/c1-3-20-21(17-35(33-20)18-8-11-28-12-9-18)31-23-30-16-19(24(25,26)27)22(32-23)29-10-7-14-34(2)13-5-4-6-15-36/h15-18,28H,3-14H2,1-2H3,(H2,29,30,31,32). The lowest BCUT2D eigenvalue weighted by molar-refractivity contribution is -0.137. The largest absolute Gasteiger partial charge is 0.421 e. The van der Waals surface area contributed by atoms with Gasteiger partial charge in [-0.1, -0.05) is 6.92 Å². The predicted octanol–water partition coefficient (Wildman–Crippen LogP) is 4.03. The average Bonchev–Trinajstić information content (AvgIpc) is 3.27. The summed E-state index contributed by atoms with van der Waals surface area (Å²) >= 11 is 0. The molecule has 1 saturated heterocycles. The number of hydrogen-bond acceptors (Lipinski definition) is 8. The van der Waals surface area contributed by atoms with E-state index in [1.807, 2.05) is 24.9 Å². The van der Waals surface area contributed by atoms with E-state index in [-0.39, 0.29) is 11.8 Å². The minimum atomic E-state index is -4.56. The molecule has 0 unspecified atom stereocenters. The molecule has 1 aliphatic rings. The van der Waals surface area contributed by atoms with Gasteiger partial charge in [-0.3, -0.25) is 4.68 Å². The fourth-order valence-corrected chi connectivity index (χ4v) is 4.23. The average molecular weight is 511 g/mol. The lowest BCUT2D eigenvalue weighted by Crippen LogP contribution is -2.29. The van der Waals surface area contributed by atoms with E-state index in [0.717, 1.165) is 70.0 Å². The van der Waals surface area contributed by atoms with Crippen molar-refractivity contribution in [1.29, 1.82) is 0 Å². The quantitative estimate of drug-likeness (QED) is 0.259. The topological polar surface area (TPSA) is 100 Å². The molecule has 0 bridgehead atoms. The summed E-state index contributed by atoms with van der Waals surface area (Å²) in [5, 5.41) is 14.0. The normalized spacial score (nSPS) is 14.8. The van der Waals surface area contributed by atoms with Crippen LogP contribution in [-0.2, 0) is 17.4 Å². The van der Waals surface area contributed by atoms with Gasteiger partial charge < -0.3 is 25.6 Å². The molecule has 1 fully saturated rings. The molecule has 12 heteroatoms. The number of nitrogens with zero attached hydrogens (tertiary/aromatic N) is 5. The third-order valence-corrected chi connectivity index (χ3v) is 6.29. The fraction of sp³-hybridized carbons (Fsp3) is 0.667. The number of alkyl halides is 3. The second-order valence-corrected chi connectivity index (χ2v) is 9.13. The van der Waals surface area contributed by atoms with Crippen molar-refractivity contribution in [3.05, 3.63) is 23.7 Å². The fourth-order valence-electron chi connectivity index (χ4n) is 4.23. The van der Waals surface area contributed by atoms with Crippen LogP contribution >= 0.6 is 0 Å². The summed E-state index contributed by atoms with van der Waals surface area (Å²) < 4.78 is 42.7. The molecule has 0 aromatic carbocycles. The molecule has 9 nitrogen and oxygen atoms in total. The summed E-state index contributed by atoms with van der Waals surface area (Å²) in [5.41, 5.74) is 0.636. The third kappa shape index (κ3) is 8.16. The molecule has 0 atom stereocenters. The van der Waals surface area contributed by atoms with Crippen LogP contribution < -0.4 is 16.0 Å². The maximum Gasteiger partial charge on any atom is 0.421 e. The van der Waals surface area contributed by atoms with E-state index in [1.165, 1.54) is 0 Å². The van der Waals surface area contributed by atoms with Gasteiger partial charge >= 0.3 is 6.18 Å². The summed E-state index contributed by atoms with van der Waals surface area (Å²) in [6, 6.07) is 0.293. The molecule has 1 aliphatic heterocycles. The van der Waals surface area contributed by atoms with Crippen LogP contribution in [0.25, 0.3) is 0 Å². The number of nitrogens with one attached hydrogen (secondary N) is 3. The number of rotatable bonds is 14. The zero-order chi connectivity index (χ0) is 26.0. The lowest BCUT2D eigenvalue weighted by atomic mass is 10.1. The Hall–Kier alpha value is -2.73. The zero-order valence-electron chi connectivity index (χ0n) is 21.1. The van der Waals surface area contributed by atoms with Gasteiger partial charge in [0.15, 0.2) is 0 Å². The zero-order valence-corrected chi connectivity index (χ0v) is 21.1. The molecule has 0 saturated carbocycles. The maximum atomic E-state index is 13.6. The molecule has 200 valence electrons. The highest BCUT2D eigenvalue weighted by molar-refractivity contribution is 5.58. The van der Waals surface area contributed by atoms with Gasteiger partial charge in [-0.25, -0.2) is 4.98 Å². The highest BCUT2D eigenvalue weighted by atomic mass is 19.4. The summed E-state index contributed by atoms with van der Waals surface area (Å²) in [6.45, 7) is 5.76. The van der Waals surface area contributed by atoms with Crippen LogP contribution in [-0.4, -0.2) is 70.7 Å². The predicted molar refractivity (Wildman–Crippen MR) is 134 cm³/mol. The van der Waals surface area contributed by atoms with E-state index in [1.54, 1.807) is 0 Å². The molecule has 2 aromatic rings. The molecule has 3 rings (SSSR count). The summed E-state index contributed by atoms with van der Waals surface area (Å²) in [5.74, 6) is -0.144. The van der Waals surface area contributed by atoms with Crippen LogP contribution in [0.2, 0.25) is 0 Å². The van der Waals surface area contributed by atoms with Gasteiger partial charge in [-0.15, -0.1) is 0 Å². The van der Waals surface area contributed by atoms with Crippen molar-refractivity contribution in [2.24, 2.45) is 0 Å². The minimum absolute atomic E-state index is 0.0948. The van der Waals surface area contributed by atoms with Crippen LogP contribution in [0.1, 0.15) is 62.7 Å². The van der Waals surface area contributed by atoms with E-state index >= 15 is 0 Å². The number of halogens is 3. The number of aromatic nitrogens is 4. The van der Waals surface area contributed by atoms with Crippen LogP contribution in [0.5, 0.6) is 0 Å². The number of unbranched alkanes of at least 4 members (excludes halogenated alkanes) is 2. The Bertz CT molecular complexity index is 959. The summed E-state index contributed by atoms with van der Waals surface area (Å²) in [7, 11) is 1.96. The first-order valence-electron chi connectivity index (χ1n) is 12.7. The Balaban J connectivity index is 1.64. The van der Waals surface area contributed by atoms with Crippen molar-refractivity contribution in [2.75, 3.05) is 50.4 Å². The van der Waals surface area contributed by atoms with E-state index in [0.29, 0.717) is 37.5 Å². The lowest BCUT2D eigenvalue weighted by Gasteiger charge is -2.22. The van der Waals surface area contributed by atoms with Gasteiger partial charge in [-0.05, 0) is 71.8 Å². The molecule has 0 amide bonds. The molecule has 0 spiro atoms. The Labute approximate surface area is 210 Å². The summed E-state index contributed by atoms with van der Waals surface area (Å²) in [6.07, 6.45) is 4.65. The van der Waals surface area contributed by atoms with Gasteiger partial charge in [0.2, 0.25) is 5.95 Å². The van der Waals surface area contributed by atoms with Crippen molar-refractivity contribution in [3.63, 3.8) is 0 Å². The number of carbonyl (C=O) groups is 1. The van der Waals surface area contributed by atoms with Crippen molar-refractivity contribution < 1.29 is 18.0 Å². The first kappa shape index (κ1) is 27.9. The van der Waals surface area contributed by atoms with Crippen LogP contribution in [0.15, 0.2) is 12.4 Å². The molecule has 36 heavy (non-hydrogen) atoms. The third-order valence-electron chi connectivity index (χ3n) is 6.29. The monoisotopic (exact) mass is 510 g/mol. The SMILES string of the molecule is CCc1nn(C2CCNCC2)cc1Nc1ncc(C(F)(F)F)c(NCCCN(C)CCCCC=O)n1. The number of piperidine rings is 1. The van der Waals surface area contributed by atoms with Crippen molar-refractivity contribution >= 4 is 23.7 Å². The van der Waals surface area contributed by atoms with E-state index in [4.69, 9.17) is 0 Å². The molecule has 0 radical (unpaired) electrons. The van der Waals surface area contributed by atoms with Gasteiger partial charge in [0.05, 0.1) is 17.4 Å². The van der Waals surface area contributed by atoms with Crippen molar-refractivity contribution in [2.45, 2.75) is 64.1 Å². The number of hydrogen-bond donors (Lipinski definition) is 3. The van der Waals surface area contributed by atoms with Crippen molar-refractivity contribution in [1.82, 2.24) is 30.0 Å². The Morgan fingerprint density at radius 1 is 1.22 bits per heavy atom. The van der Waals surface area contributed by atoms with Gasteiger partial charge in [0, 0.05) is 25.4 Å². The molecule has 3 N–H and O–H groups in total. The molecule has 2 aromatic heterocycles. The second kappa shape index (κ2) is 13.5. The maximum absolute atomic E-state index is 13.6. The van der Waals surface area contributed by atoms with E-state index < -0.39 is 11.7 Å². The Morgan fingerprint density at radius 3 is 2.67 bits per heavy atom. The number of anilines is 3. The number of aryl methyl sites for hydroxylation is 1. The van der Waals surface area contributed by atoms with Crippen molar-refractivity contribution in [3.8, 4) is 0 Å². The van der Waals surface area contributed by atoms with Gasteiger partial charge in [0.1, 0.15) is 17.7 Å². The molecule has 0 aliphatic carbocycles. The van der Waals surface area contributed by atoms with Crippen LogP contribution in [0.3, 0.4) is 0 Å². The smallest absolute Gasteiger partial charge is 0.369 e. The first-order chi connectivity index (χ1) is 17.3. The Kier molecular flexibility index (Phi) is 10.5. The van der Waals surface area contributed by atoms with E-state index in [2.05, 4.69) is 35.9 Å². The Morgan fingerprint density at radius 2 is 1.97 bits per heavy atom. The van der Waals surface area contributed by atoms with Crippen LogP contribution in [0, 0.1) is 0 Å². The molecule has 3 heterocycles. The van der Waals surface area contributed by atoms with Gasteiger partial charge in [0.25, 0.3) is 0 Å². The van der Waals surface area contributed by atoms with Crippen LogP contribution in [0.4, 0.5) is 30.6 Å². The first-order valence-corrected chi connectivity index (χ1v) is 12.7. The minimum Gasteiger partial charge on any atom is -0.369 e. The number of carbonyl (C=O) groups excluding carboxylic acids is 1. The van der Waals surface area contributed by atoms with Gasteiger partial charge in [-0.2, -0.15) is 23.3 Å². The highest BCUT2D eigenvalue weighted by Crippen LogP contribution is 2.34. The van der Waals surface area contributed by atoms with E-state index in [9.17, 15) is 18.0 Å².